The van der Waals surface area contributed by atoms with Gasteiger partial charge in [-0.25, -0.2) is 4.98 Å². The predicted octanol–water partition coefficient (Wildman–Crippen LogP) is 1.16. The second kappa shape index (κ2) is 7.93. The molecule has 0 atom stereocenters. The molecule has 0 saturated carbocycles. The van der Waals surface area contributed by atoms with Gasteiger partial charge >= 0.3 is 0 Å². The number of aliphatic imine (C=N–C) groups is 1. The average molecular weight is 358 g/mol. The summed E-state index contributed by atoms with van der Waals surface area (Å²) in [5, 5.41) is 18.0. The summed E-state index contributed by atoms with van der Waals surface area (Å²) in [4.78, 5) is 10.8. The van der Waals surface area contributed by atoms with Crippen molar-refractivity contribution in [3.8, 4) is 0 Å². The summed E-state index contributed by atoms with van der Waals surface area (Å²) in [6, 6.07) is 5.88. The highest BCUT2D eigenvalue weighted by Crippen LogP contribution is 2.17. The van der Waals surface area contributed by atoms with Crippen LogP contribution in [0.2, 0.25) is 0 Å². The lowest BCUT2D eigenvalue weighted by molar-refractivity contribution is 0.756. The second-order valence-corrected chi connectivity index (χ2v) is 6.50. The Morgan fingerprint density at radius 3 is 2.92 bits per heavy atom. The summed E-state index contributed by atoms with van der Waals surface area (Å²) in [6.07, 6.45) is 2.73. The summed E-state index contributed by atoms with van der Waals surface area (Å²) in [5.74, 6) is 1.67. The SMILES string of the molecule is CN=C(NCCc1nnc2ccccn12)NCc1csc(N(C)C)n1. The first-order valence-electron chi connectivity index (χ1n) is 8.02. The molecular weight excluding hydrogens is 336 g/mol. The largest absolute Gasteiger partial charge is 0.356 e. The third kappa shape index (κ3) is 4.24. The van der Waals surface area contributed by atoms with Crippen LogP contribution < -0.4 is 15.5 Å². The number of nitrogens with zero attached hydrogens (tertiary/aromatic N) is 6. The maximum atomic E-state index is 4.55. The Hall–Kier alpha value is -2.68. The van der Waals surface area contributed by atoms with Crippen LogP contribution in [0, 0.1) is 0 Å². The average Bonchev–Trinajstić information content (AvgIpc) is 3.25. The molecule has 0 bridgehead atoms. The topological polar surface area (TPSA) is 82.7 Å². The number of anilines is 1. The normalized spacial score (nSPS) is 11.7. The smallest absolute Gasteiger partial charge is 0.191 e. The van der Waals surface area contributed by atoms with Gasteiger partial charge in [0.2, 0.25) is 0 Å². The first-order valence-corrected chi connectivity index (χ1v) is 8.90. The van der Waals surface area contributed by atoms with Gasteiger partial charge in [0.1, 0.15) is 5.82 Å². The first-order chi connectivity index (χ1) is 12.2. The van der Waals surface area contributed by atoms with E-state index < -0.39 is 0 Å². The van der Waals surface area contributed by atoms with Crippen LogP contribution in [0.5, 0.6) is 0 Å². The molecule has 0 aliphatic carbocycles. The van der Waals surface area contributed by atoms with E-state index in [-0.39, 0.29) is 0 Å². The van der Waals surface area contributed by atoms with E-state index in [9.17, 15) is 0 Å². The maximum Gasteiger partial charge on any atom is 0.191 e. The minimum atomic E-state index is 0.637. The predicted molar refractivity (Wildman–Crippen MR) is 101 cm³/mol. The summed E-state index contributed by atoms with van der Waals surface area (Å²) < 4.78 is 2.00. The van der Waals surface area contributed by atoms with Gasteiger partial charge in [-0.3, -0.25) is 9.39 Å². The highest BCUT2D eigenvalue weighted by Gasteiger charge is 2.06. The van der Waals surface area contributed by atoms with Crippen molar-refractivity contribution in [1.82, 2.24) is 30.2 Å². The number of rotatable bonds is 6. The van der Waals surface area contributed by atoms with Gasteiger partial charge in [-0.1, -0.05) is 6.07 Å². The van der Waals surface area contributed by atoms with E-state index in [4.69, 9.17) is 0 Å². The molecule has 0 amide bonds. The zero-order valence-corrected chi connectivity index (χ0v) is 15.4. The lowest BCUT2D eigenvalue weighted by atomic mass is 10.4. The summed E-state index contributed by atoms with van der Waals surface area (Å²) >= 11 is 1.63. The van der Waals surface area contributed by atoms with Gasteiger partial charge in [-0.2, -0.15) is 0 Å². The van der Waals surface area contributed by atoms with Crippen LogP contribution >= 0.6 is 11.3 Å². The number of fused-ring (bicyclic) bond motifs is 1. The third-order valence-electron chi connectivity index (χ3n) is 3.61. The van der Waals surface area contributed by atoms with E-state index in [0.717, 1.165) is 41.2 Å². The number of guanidine groups is 1. The molecule has 3 rings (SSSR count). The van der Waals surface area contributed by atoms with Crippen LogP contribution in [0.3, 0.4) is 0 Å². The van der Waals surface area contributed by atoms with E-state index in [1.807, 2.05) is 47.8 Å². The number of nitrogens with one attached hydrogen (secondary N) is 2. The number of hydrogen-bond donors (Lipinski definition) is 2. The fourth-order valence-electron chi connectivity index (χ4n) is 2.33. The van der Waals surface area contributed by atoms with Crippen LogP contribution in [0.25, 0.3) is 5.65 Å². The molecular formula is C16H22N8S. The second-order valence-electron chi connectivity index (χ2n) is 5.66. The Morgan fingerprint density at radius 1 is 1.28 bits per heavy atom. The molecule has 9 heteroatoms. The van der Waals surface area contributed by atoms with E-state index in [1.165, 1.54) is 0 Å². The molecule has 3 heterocycles. The number of pyridine rings is 1. The third-order valence-corrected chi connectivity index (χ3v) is 4.67. The fraction of sp³-hybridized carbons (Fsp3) is 0.375. The van der Waals surface area contributed by atoms with Crippen LogP contribution in [0.4, 0.5) is 5.13 Å². The molecule has 0 saturated heterocycles. The Bertz CT molecular complexity index is 851. The maximum absolute atomic E-state index is 4.55. The van der Waals surface area contributed by atoms with Crippen molar-refractivity contribution in [1.29, 1.82) is 0 Å². The van der Waals surface area contributed by atoms with Gasteiger partial charge in [0.25, 0.3) is 0 Å². The van der Waals surface area contributed by atoms with Gasteiger partial charge in [-0.15, -0.1) is 21.5 Å². The molecule has 0 aliphatic rings. The van der Waals surface area contributed by atoms with Gasteiger partial charge in [0.05, 0.1) is 12.2 Å². The lowest BCUT2D eigenvalue weighted by Crippen LogP contribution is -2.38. The number of hydrogen-bond acceptors (Lipinski definition) is 6. The van der Waals surface area contributed by atoms with Crippen molar-refractivity contribution >= 4 is 28.1 Å². The van der Waals surface area contributed by atoms with Gasteiger partial charge in [0.15, 0.2) is 16.7 Å². The highest BCUT2D eigenvalue weighted by molar-refractivity contribution is 7.13. The van der Waals surface area contributed by atoms with Crippen LogP contribution in [-0.2, 0) is 13.0 Å². The Balaban J connectivity index is 1.49. The fourth-order valence-corrected chi connectivity index (χ4v) is 3.09. The highest BCUT2D eigenvalue weighted by atomic mass is 32.1. The van der Waals surface area contributed by atoms with E-state index >= 15 is 0 Å². The number of aromatic nitrogens is 4. The van der Waals surface area contributed by atoms with E-state index in [2.05, 4.69) is 36.2 Å². The molecule has 0 radical (unpaired) electrons. The van der Waals surface area contributed by atoms with Crippen LogP contribution in [-0.4, -0.2) is 53.2 Å². The molecule has 0 unspecified atom stereocenters. The van der Waals surface area contributed by atoms with Crippen LogP contribution in [0.15, 0.2) is 34.8 Å². The first kappa shape index (κ1) is 17.2. The van der Waals surface area contributed by atoms with Gasteiger partial charge in [-0.05, 0) is 12.1 Å². The van der Waals surface area contributed by atoms with Crippen molar-refractivity contribution in [3.63, 3.8) is 0 Å². The van der Waals surface area contributed by atoms with Gasteiger partial charge in [0, 0.05) is 45.7 Å². The Kier molecular flexibility index (Phi) is 5.44. The Morgan fingerprint density at radius 2 is 2.16 bits per heavy atom. The van der Waals surface area contributed by atoms with Crippen molar-refractivity contribution in [3.05, 3.63) is 41.3 Å². The molecule has 0 aromatic carbocycles. The van der Waals surface area contributed by atoms with Crippen molar-refractivity contribution < 1.29 is 0 Å². The van der Waals surface area contributed by atoms with E-state index in [1.54, 1.807) is 18.4 Å². The molecule has 0 spiro atoms. The summed E-state index contributed by atoms with van der Waals surface area (Å²) in [5.41, 5.74) is 1.86. The zero-order valence-electron chi connectivity index (χ0n) is 14.6. The van der Waals surface area contributed by atoms with Crippen LogP contribution in [0.1, 0.15) is 11.5 Å². The number of thiazole rings is 1. The standard InChI is InChI=1S/C16H22N8S/c1-17-15(19-10-12-11-25-16(20-12)23(2)3)18-8-7-14-22-21-13-6-4-5-9-24(13)14/h4-6,9,11H,7-8,10H2,1-3H3,(H2,17,18,19). The van der Waals surface area contributed by atoms with Gasteiger partial charge < -0.3 is 15.5 Å². The zero-order chi connectivity index (χ0) is 17.6. The molecule has 0 aliphatic heterocycles. The molecule has 132 valence electrons. The van der Waals surface area contributed by atoms with Crippen molar-refractivity contribution in [2.75, 3.05) is 32.6 Å². The summed E-state index contributed by atoms with van der Waals surface area (Å²) in [7, 11) is 5.74. The molecule has 0 fully saturated rings. The molecule has 3 aromatic heterocycles. The minimum absolute atomic E-state index is 0.637. The van der Waals surface area contributed by atoms with E-state index in [0.29, 0.717) is 6.54 Å². The molecule has 3 aromatic rings. The monoisotopic (exact) mass is 358 g/mol. The molecule has 25 heavy (non-hydrogen) atoms. The minimum Gasteiger partial charge on any atom is -0.356 e. The van der Waals surface area contributed by atoms with Crippen molar-refractivity contribution in [2.24, 2.45) is 4.99 Å². The summed E-state index contributed by atoms with van der Waals surface area (Å²) in [6.45, 7) is 1.35. The Labute approximate surface area is 150 Å². The quantitative estimate of drug-likeness (QED) is 0.508. The molecule has 2 N–H and O–H groups in total. The lowest BCUT2D eigenvalue weighted by Gasteiger charge is -2.10. The molecule has 8 nitrogen and oxygen atoms in total. The van der Waals surface area contributed by atoms with Crippen molar-refractivity contribution in [2.45, 2.75) is 13.0 Å².